The standard InChI is InChI=1S/C12H11N3O2/c13-12(17)10-4-2-1-3-9(10)7-15-8-14-6-5-11(15)16/h1-6,8H,7H2,(H2,13,17). The summed E-state index contributed by atoms with van der Waals surface area (Å²) >= 11 is 0. The maximum atomic E-state index is 11.5. The Bertz CT molecular complexity index is 604. The van der Waals surface area contributed by atoms with E-state index in [0.29, 0.717) is 11.1 Å². The monoisotopic (exact) mass is 229 g/mol. The van der Waals surface area contributed by atoms with E-state index < -0.39 is 5.91 Å². The van der Waals surface area contributed by atoms with Gasteiger partial charge in [0.15, 0.2) is 0 Å². The third kappa shape index (κ3) is 2.39. The summed E-state index contributed by atoms with van der Waals surface area (Å²) in [6.07, 6.45) is 2.86. The van der Waals surface area contributed by atoms with Crippen molar-refractivity contribution in [3.05, 3.63) is 64.3 Å². The predicted octanol–water partition coefficient (Wildman–Crippen LogP) is 0.391. The van der Waals surface area contributed by atoms with Crippen molar-refractivity contribution < 1.29 is 4.79 Å². The summed E-state index contributed by atoms with van der Waals surface area (Å²) in [4.78, 5) is 26.6. The van der Waals surface area contributed by atoms with Crippen molar-refractivity contribution in [1.82, 2.24) is 9.55 Å². The number of carbonyl (C=O) groups is 1. The average molecular weight is 229 g/mol. The quantitative estimate of drug-likeness (QED) is 0.827. The van der Waals surface area contributed by atoms with Gasteiger partial charge >= 0.3 is 0 Å². The van der Waals surface area contributed by atoms with E-state index in [2.05, 4.69) is 4.98 Å². The topological polar surface area (TPSA) is 78.0 Å². The molecule has 0 saturated heterocycles. The van der Waals surface area contributed by atoms with Crippen LogP contribution in [0.4, 0.5) is 0 Å². The molecular weight excluding hydrogens is 218 g/mol. The molecule has 1 aromatic heterocycles. The highest BCUT2D eigenvalue weighted by molar-refractivity contribution is 5.94. The van der Waals surface area contributed by atoms with Crippen molar-refractivity contribution in [3.8, 4) is 0 Å². The van der Waals surface area contributed by atoms with Crippen molar-refractivity contribution in [2.24, 2.45) is 5.73 Å². The molecule has 2 N–H and O–H groups in total. The van der Waals surface area contributed by atoms with Gasteiger partial charge in [0.1, 0.15) is 0 Å². The van der Waals surface area contributed by atoms with Gasteiger partial charge in [-0.05, 0) is 11.6 Å². The number of hydrogen-bond donors (Lipinski definition) is 1. The number of aromatic nitrogens is 2. The zero-order valence-electron chi connectivity index (χ0n) is 9.04. The second kappa shape index (κ2) is 4.61. The Morgan fingerprint density at radius 2 is 2.06 bits per heavy atom. The van der Waals surface area contributed by atoms with E-state index >= 15 is 0 Å². The summed E-state index contributed by atoms with van der Waals surface area (Å²) in [5.74, 6) is -0.502. The summed E-state index contributed by atoms with van der Waals surface area (Å²) in [6.45, 7) is 0.284. The molecule has 0 aliphatic heterocycles. The third-order valence-corrected chi connectivity index (χ3v) is 2.42. The van der Waals surface area contributed by atoms with Gasteiger partial charge in [-0.1, -0.05) is 18.2 Å². The van der Waals surface area contributed by atoms with E-state index in [1.807, 2.05) is 0 Å². The van der Waals surface area contributed by atoms with Crippen LogP contribution < -0.4 is 11.3 Å². The van der Waals surface area contributed by atoms with Crippen molar-refractivity contribution in [2.75, 3.05) is 0 Å². The Morgan fingerprint density at radius 1 is 1.29 bits per heavy atom. The Hall–Kier alpha value is -2.43. The lowest BCUT2D eigenvalue weighted by molar-refractivity contribution is 0.0999. The number of benzene rings is 1. The highest BCUT2D eigenvalue weighted by Crippen LogP contribution is 2.08. The van der Waals surface area contributed by atoms with Crippen molar-refractivity contribution in [2.45, 2.75) is 6.54 Å². The largest absolute Gasteiger partial charge is 0.366 e. The van der Waals surface area contributed by atoms with Gasteiger partial charge in [0.05, 0.1) is 12.9 Å². The zero-order valence-corrected chi connectivity index (χ0v) is 9.04. The minimum absolute atomic E-state index is 0.167. The number of nitrogens with two attached hydrogens (primary N) is 1. The van der Waals surface area contributed by atoms with Crippen LogP contribution in [0.3, 0.4) is 0 Å². The van der Waals surface area contributed by atoms with Gasteiger partial charge in [0, 0.05) is 17.8 Å². The van der Waals surface area contributed by atoms with Crippen LogP contribution in [0.25, 0.3) is 0 Å². The lowest BCUT2D eigenvalue weighted by Crippen LogP contribution is -2.22. The van der Waals surface area contributed by atoms with Crippen LogP contribution in [0.5, 0.6) is 0 Å². The summed E-state index contributed by atoms with van der Waals surface area (Å²) in [5.41, 5.74) is 6.22. The molecule has 1 amide bonds. The first kappa shape index (κ1) is 11.1. The number of carbonyl (C=O) groups excluding carboxylic acids is 1. The Morgan fingerprint density at radius 3 is 2.76 bits per heavy atom. The Balaban J connectivity index is 2.40. The average Bonchev–Trinajstić information content (AvgIpc) is 2.32. The molecule has 0 radical (unpaired) electrons. The summed E-state index contributed by atoms with van der Waals surface area (Å²) < 4.78 is 1.42. The fraction of sp³-hybridized carbons (Fsp3) is 0.0833. The fourth-order valence-electron chi connectivity index (χ4n) is 1.58. The van der Waals surface area contributed by atoms with Crippen LogP contribution in [0.15, 0.2) is 47.7 Å². The van der Waals surface area contributed by atoms with Crippen LogP contribution in [0.1, 0.15) is 15.9 Å². The molecule has 0 saturated carbocycles. The summed E-state index contributed by atoms with van der Waals surface area (Å²) in [7, 11) is 0. The van der Waals surface area contributed by atoms with Crippen LogP contribution >= 0.6 is 0 Å². The molecule has 17 heavy (non-hydrogen) atoms. The number of rotatable bonds is 3. The predicted molar refractivity (Wildman–Crippen MR) is 62.6 cm³/mol. The highest BCUT2D eigenvalue weighted by atomic mass is 16.1. The summed E-state index contributed by atoms with van der Waals surface area (Å²) in [5, 5.41) is 0. The maximum absolute atomic E-state index is 11.5. The lowest BCUT2D eigenvalue weighted by atomic mass is 10.1. The van der Waals surface area contributed by atoms with Crippen LogP contribution in [0.2, 0.25) is 0 Å². The van der Waals surface area contributed by atoms with Crippen LogP contribution in [-0.2, 0) is 6.54 Å². The third-order valence-electron chi connectivity index (χ3n) is 2.42. The van der Waals surface area contributed by atoms with Crippen LogP contribution in [-0.4, -0.2) is 15.5 Å². The van der Waals surface area contributed by atoms with Gasteiger partial charge in [-0.15, -0.1) is 0 Å². The molecule has 0 spiro atoms. The van der Waals surface area contributed by atoms with E-state index in [-0.39, 0.29) is 12.1 Å². The molecule has 2 aromatic rings. The summed E-state index contributed by atoms with van der Waals surface area (Å²) in [6, 6.07) is 8.30. The van der Waals surface area contributed by atoms with Gasteiger partial charge < -0.3 is 5.73 Å². The number of primary amides is 1. The maximum Gasteiger partial charge on any atom is 0.253 e. The molecule has 0 unspecified atom stereocenters. The first-order valence-corrected chi connectivity index (χ1v) is 5.06. The van der Waals surface area contributed by atoms with Gasteiger partial charge in [-0.3, -0.25) is 14.2 Å². The molecule has 86 valence electrons. The Kier molecular flexibility index (Phi) is 3.00. The molecule has 5 heteroatoms. The Labute approximate surface area is 97.5 Å². The van der Waals surface area contributed by atoms with Crippen molar-refractivity contribution in [1.29, 1.82) is 0 Å². The first-order valence-electron chi connectivity index (χ1n) is 5.06. The number of hydrogen-bond acceptors (Lipinski definition) is 3. The molecule has 0 fully saturated rings. The molecule has 5 nitrogen and oxygen atoms in total. The van der Waals surface area contributed by atoms with E-state index in [9.17, 15) is 9.59 Å². The number of nitrogens with zero attached hydrogens (tertiary/aromatic N) is 2. The van der Waals surface area contributed by atoms with E-state index in [4.69, 9.17) is 5.73 Å². The molecule has 0 atom stereocenters. The first-order chi connectivity index (χ1) is 8.18. The van der Waals surface area contributed by atoms with E-state index in [0.717, 1.165) is 0 Å². The second-order valence-electron chi connectivity index (χ2n) is 3.57. The molecule has 1 heterocycles. The van der Waals surface area contributed by atoms with Gasteiger partial charge in [-0.25, -0.2) is 4.98 Å². The van der Waals surface area contributed by atoms with Crippen molar-refractivity contribution in [3.63, 3.8) is 0 Å². The SMILES string of the molecule is NC(=O)c1ccccc1Cn1cnccc1=O. The molecule has 0 aliphatic carbocycles. The van der Waals surface area contributed by atoms with Crippen LogP contribution in [0, 0.1) is 0 Å². The van der Waals surface area contributed by atoms with Gasteiger partial charge in [0.2, 0.25) is 5.91 Å². The molecule has 1 aromatic carbocycles. The van der Waals surface area contributed by atoms with E-state index in [1.54, 1.807) is 24.3 Å². The second-order valence-corrected chi connectivity index (χ2v) is 3.57. The molecule has 2 rings (SSSR count). The molecular formula is C12H11N3O2. The van der Waals surface area contributed by atoms with E-state index in [1.165, 1.54) is 23.2 Å². The normalized spacial score (nSPS) is 10.1. The molecule has 0 bridgehead atoms. The minimum atomic E-state index is -0.502. The van der Waals surface area contributed by atoms with Gasteiger partial charge in [-0.2, -0.15) is 0 Å². The fourth-order valence-corrected chi connectivity index (χ4v) is 1.58. The van der Waals surface area contributed by atoms with Crippen molar-refractivity contribution >= 4 is 5.91 Å². The minimum Gasteiger partial charge on any atom is -0.366 e. The van der Waals surface area contributed by atoms with Gasteiger partial charge in [0.25, 0.3) is 5.56 Å². The lowest BCUT2D eigenvalue weighted by Gasteiger charge is -2.07. The molecule has 0 aliphatic rings. The number of amides is 1. The smallest absolute Gasteiger partial charge is 0.253 e. The zero-order chi connectivity index (χ0) is 12.3. The highest BCUT2D eigenvalue weighted by Gasteiger charge is 2.07.